The van der Waals surface area contributed by atoms with Crippen molar-refractivity contribution in [1.29, 1.82) is 5.26 Å². The molecule has 0 aromatic carbocycles. The maximum atomic E-state index is 9.15. The Morgan fingerprint density at radius 1 is 1.44 bits per heavy atom. The molecule has 0 saturated carbocycles. The number of ether oxygens (including phenoxy) is 1. The molecule has 2 aromatic rings. The highest BCUT2D eigenvalue weighted by Crippen LogP contribution is 2.18. The fraction of sp³-hybridized carbons (Fsp3) is 0.308. The fourth-order valence-electron chi connectivity index (χ4n) is 1.67. The molecule has 0 aliphatic carbocycles. The lowest BCUT2D eigenvalue weighted by Crippen LogP contribution is -2.02. The number of nitriles is 1. The van der Waals surface area contributed by atoms with Gasteiger partial charge in [-0.3, -0.25) is 0 Å². The summed E-state index contributed by atoms with van der Waals surface area (Å²) >= 11 is 0. The van der Waals surface area contributed by atoms with E-state index in [1.165, 1.54) is 0 Å². The molecule has 2 rings (SSSR count). The van der Waals surface area contributed by atoms with Gasteiger partial charge in [-0.2, -0.15) is 5.26 Å². The van der Waals surface area contributed by atoms with Crippen LogP contribution in [0, 0.1) is 11.3 Å². The van der Waals surface area contributed by atoms with E-state index in [2.05, 4.69) is 6.07 Å². The van der Waals surface area contributed by atoms with Crippen molar-refractivity contribution in [3.8, 4) is 6.07 Å². The summed E-state index contributed by atoms with van der Waals surface area (Å²) in [5.41, 5.74) is 2.59. The largest absolute Gasteiger partial charge is 0.374 e. The Morgan fingerprint density at radius 2 is 2.25 bits per heavy atom. The van der Waals surface area contributed by atoms with Crippen molar-refractivity contribution in [2.45, 2.75) is 26.6 Å². The van der Waals surface area contributed by atoms with E-state index in [1.54, 1.807) is 0 Å². The van der Waals surface area contributed by atoms with E-state index in [1.807, 2.05) is 48.8 Å². The molecule has 0 atom stereocenters. The molecule has 2 aromatic heterocycles. The summed E-state index contributed by atoms with van der Waals surface area (Å²) in [5, 5.41) is 9.15. The second-order valence-electron chi connectivity index (χ2n) is 3.99. The number of pyridine rings is 1. The minimum atomic E-state index is 0.176. The summed E-state index contributed by atoms with van der Waals surface area (Å²) in [4.78, 5) is 0. The van der Waals surface area contributed by atoms with Crippen molar-refractivity contribution in [2.24, 2.45) is 0 Å². The van der Waals surface area contributed by atoms with Crippen LogP contribution in [0.5, 0.6) is 0 Å². The maximum Gasteiger partial charge on any atom is 0.102 e. The Hall–Kier alpha value is -1.79. The summed E-state index contributed by atoms with van der Waals surface area (Å²) < 4.78 is 7.49. The number of aromatic nitrogens is 1. The van der Waals surface area contributed by atoms with Gasteiger partial charge in [0.05, 0.1) is 23.8 Å². The van der Waals surface area contributed by atoms with Crippen molar-refractivity contribution in [3.05, 3.63) is 41.7 Å². The lowest BCUT2D eigenvalue weighted by atomic mass is 10.2. The van der Waals surface area contributed by atoms with Gasteiger partial charge in [0.1, 0.15) is 6.07 Å². The van der Waals surface area contributed by atoms with Crippen LogP contribution in [0.15, 0.2) is 30.6 Å². The van der Waals surface area contributed by atoms with Crippen molar-refractivity contribution in [2.75, 3.05) is 0 Å². The van der Waals surface area contributed by atoms with Crippen molar-refractivity contribution in [3.63, 3.8) is 0 Å². The fourth-order valence-corrected chi connectivity index (χ4v) is 1.67. The highest BCUT2D eigenvalue weighted by molar-refractivity contribution is 5.64. The van der Waals surface area contributed by atoms with Gasteiger partial charge in [0.15, 0.2) is 0 Å². The van der Waals surface area contributed by atoms with Gasteiger partial charge in [-0.05, 0) is 26.0 Å². The van der Waals surface area contributed by atoms with Gasteiger partial charge < -0.3 is 9.14 Å². The van der Waals surface area contributed by atoms with Crippen LogP contribution in [0.2, 0.25) is 0 Å². The van der Waals surface area contributed by atoms with Gasteiger partial charge in [-0.1, -0.05) is 6.07 Å². The minimum absolute atomic E-state index is 0.176. The zero-order valence-electron chi connectivity index (χ0n) is 9.47. The van der Waals surface area contributed by atoms with E-state index in [4.69, 9.17) is 10.00 Å². The summed E-state index contributed by atoms with van der Waals surface area (Å²) in [6, 6.07) is 8.06. The third-order valence-corrected chi connectivity index (χ3v) is 2.45. The molecule has 0 amide bonds. The normalized spacial score (nSPS) is 10.9. The van der Waals surface area contributed by atoms with Crippen LogP contribution in [-0.2, 0) is 11.3 Å². The SMILES string of the molecule is CC(C)OCc1cn2ccccc2c1C#N. The quantitative estimate of drug-likeness (QED) is 0.787. The number of hydrogen-bond acceptors (Lipinski definition) is 2. The predicted molar refractivity (Wildman–Crippen MR) is 62.0 cm³/mol. The molecule has 3 nitrogen and oxygen atoms in total. The molecular weight excluding hydrogens is 200 g/mol. The molecule has 0 saturated heterocycles. The van der Waals surface area contributed by atoms with Crippen LogP contribution in [0.3, 0.4) is 0 Å². The van der Waals surface area contributed by atoms with E-state index >= 15 is 0 Å². The van der Waals surface area contributed by atoms with Crippen LogP contribution < -0.4 is 0 Å². The van der Waals surface area contributed by atoms with Gasteiger partial charge in [-0.15, -0.1) is 0 Å². The van der Waals surface area contributed by atoms with E-state index in [9.17, 15) is 0 Å². The van der Waals surface area contributed by atoms with Crippen LogP contribution >= 0.6 is 0 Å². The lowest BCUT2D eigenvalue weighted by molar-refractivity contribution is 0.0656. The molecule has 0 N–H and O–H groups in total. The Bertz CT molecular complexity index is 534. The molecule has 16 heavy (non-hydrogen) atoms. The van der Waals surface area contributed by atoms with E-state index < -0.39 is 0 Å². The highest BCUT2D eigenvalue weighted by atomic mass is 16.5. The molecule has 3 heteroatoms. The van der Waals surface area contributed by atoms with Crippen LogP contribution in [0.1, 0.15) is 25.0 Å². The second-order valence-corrected chi connectivity index (χ2v) is 3.99. The second kappa shape index (κ2) is 4.38. The Kier molecular flexibility index (Phi) is 2.93. The topological polar surface area (TPSA) is 37.4 Å². The zero-order chi connectivity index (χ0) is 11.5. The van der Waals surface area contributed by atoms with Gasteiger partial charge >= 0.3 is 0 Å². The lowest BCUT2D eigenvalue weighted by Gasteiger charge is -2.05. The zero-order valence-corrected chi connectivity index (χ0v) is 9.47. The monoisotopic (exact) mass is 214 g/mol. The first-order valence-electron chi connectivity index (χ1n) is 5.32. The summed E-state index contributed by atoms with van der Waals surface area (Å²) in [6.45, 7) is 4.46. The van der Waals surface area contributed by atoms with E-state index in [0.29, 0.717) is 12.2 Å². The van der Waals surface area contributed by atoms with Crippen LogP contribution in [-0.4, -0.2) is 10.5 Å². The molecule has 0 spiro atoms. The number of rotatable bonds is 3. The molecule has 82 valence electrons. The third-order valence-electron chi connectivity index (χ3n) is 2.45. The number of nitrogens with zero attached hydrogens (tertiary/aromatic N) is 2. The smallest absolute Gasteiger partial charge is 0.102 e. The average molecular weight is 214 g/mol. The van der Waals surface area contributed by atoms with Crippen LogP contribution in [0.25, 0.3) is 5.52 Å². The summed E-state index contributed by atoms with van der Waals surface area (Å²) in [7, 11) is 0. The molecule has 0 aliphatic heterocycles. The Labute approximate surface area is 94.9 Å². The molecule has 0 bridgehead atoms. The average Bonchev–Trinajstić information content (AvgIpc) is 2.63. The molecule has 0 fully saturated rings. The number of hydrogen-bond donors (Lipinski definition) is 0. The van der Waals surface area contributed by atoms with Crippen molar-refractivity contribution >= 4 is 5.52 Å². The summed E-state index contributed by atoms with van der Waals surface area (Å²) in [5.74, 6) is 0. The Balaban J connectivity index is 2.41. The first kappa shape index (κ1) is 10.7. The van der Waals surface area contributed by atoms with Gasteiger partial charge in [-0.25, -0.2) is 0 Å². The van der Waals surface area contributed by atoms with Crippen molar-refractivity contribution < 1.29 is 4.74 Å². The standard InChI is InChI=1S/C13H14N2O/c1-10(2)16-9-11-8-15-6-4-3-5-13(15)12(11)7-14/h3-6,8,10H,9H2,1-2H3. The number of fused-ring (bicyclic) bond motifs is 1. The maximum absolute atomic E-state index is 9.15. The third kappa shape index (κ3) is 1.93. The molecule has 0 radical (unpaired) electrons. The molecule has 0 aliphatic rings. The molecule has 2 heterocycles. The van der Waals surface area contributed by atoms with Gasteiger partial charge in [0, 0.05) is 18.0 Å². The van der Waals surface area contributed by atoms with Crippen molar-refractivity contribution in [1.82, 2.24) is 4.40 Å². The van der Waals surface area contributed by atoms with Gasteiger partial charge in [0.25, 0.3) is 0 Å². The van der Waals surface area contributed by atoms with Gasteiger partial charge in [0.2, 0.25) is 0 Å². The van der Waals surface area contributed by atoms with Crippen LogP contribution in [0.4, 0.5) is 0 Å². The minimum Gasteiger partial charge on any atom is -0.374 e. The molecule has 0 unspecified atom stereocenters. The molecular formula is C13H14N2O. The van der Waals surface area contributed by atoms with E-state index in [-0.39, 0.29) is 6.10 Å². The highest BCUT2D eigenvalue weighted by Gasteiger charge is 2.10. The van der Waals surface area contributed by atoms with E-state index in [0.717, 1.165) is 11.1 Å². The Morgan fingerprint density at radius 3 is 2.94 bits per heavy atom. The first-order valence-corrected chi connectivity index (χ1v) is 5.32. The predicted octanol–water partition coefficient (Wildman–Crippen LogP) is 2.74. The summed E-state index contributed by atoms with van der Waals surface area (Å²) in [6.07, 6.45) is 4.07. The first-order chi connectivity index (χ1) is 7.72.